The van der Waals surface area contributed by atoms with E-state index >= 15 is 0 Å². The molecular weight excluding hydrogens is 300 g/mol. The van der Waals surface area contributed by atoms with Crippen LogP contribution in [0.25, 0.3) is 11.3 Å². The van der Waals surface area contributed by atoms with Gasteiger partial charge < -0.3 is 4.57 Å². The van der Waals surface area contributed by atoms with Gasteiger partial charge in [-0.05, 0) is 47.2 Å². The summed E-state index contributed by atoms with van der Waals surface area (Å²) < 4.78 is 3.30. The van der Waals surface area contributed by atoms with Crippen LogP contribution in [0.2, 0.25) is 0 Å². The molecule has 0 saturated carbocycles. The van der Waals surface area contributed by atoms with Gasteiger partial charge in [-0.25, -0.2) is 4.98 Å². The Balaban J connectivity index is 1.97. The minimum atomic E-state index is 0.981. The lowest BCUT2D eigenvalue weighted by atomic mass is 10.0. The van der Waals surface area contributed by atoms with Gasteiger partial charge in [-0.2, -0.15) is 0 Å². The topological polar surface area (TPSA) is 17.8 Å². The summed E-state index contributed by atoms with van der Waals surface area (Å²) in [7, 11) is 0. The predicted molar refractivity (Wildman–Crippen MR) is 82.3 cm³/mol. The Labute approximate surface area is 123 Å². The number of fused-ring (bicyclic) bond motifs is 1. The van der Waals surface area contributed by atoms with Gasteiger partial charge in [-0.3, -0.25) is 0 Å². The highest BCUT2D eigenvalue weighted by molar-refractivity contribution is 9.10. The second-order valence-corrected chi connectivity index (χ2v) is 5.94. The molecule has 100 valence electrons. The minimum absolute atomic E-state index is 0.981. The molecule has 0 fully saturated rings. The molecule has 0 amide bonds. The minimum Gasteiger partial charge on any atom is -0.322 e. The molecule has 2 heterocycles. The van der Waals surface area contributed by atoms with Crippen molar-refractivity contribution >= 4 is 15.9 Å². The van der Waals surface area contributed by atoms with Gasteiger partial charge in [0.2, 0.25) is 0 Å². The predicted octanol–water partition coefficient (Wildman–Crippen LogP) is 4.60. The Morgan fingerprint density at radius 1 is 1.21 bits per heavy atom. The molecule has 0 unspecified atom stereocenters. The lowest BCUT2D eigenvalue weighted by molar-refractivity contribution is 0.525. The first-order chi connectivity index (χ1) is 9.29. The number of aryl methyl sites for hydroxylation is 1. The summed E-state index contributed by atoms with van der Waals surface area (Å²) in [4.78, 5) is 4.72. The SMILES string of the molecule is CCCc1ccc(-c2nc(Br)n3c2CCCC3)cc1. The third-order valence-electron chi connectivity index (χ3n) is 3.84. The van der Waals surface area contributed by atoms with Crippen molar-refractivity contribution in [2.75, 3.05) is 0 Å². The number of aromatic nitrogens is 2. The van der Waals surface area contributed by atoms with Gasteiger partial charge in [0.05, 0.1) is 5.69 Å². The molecule has 2 aromatic rings. The Kier molecular flexibility index (Phi) is 3.74. The first-order valence-corrected chi connectivity index (χ1v) is 7.93. The summed E-state index contributed by atoms with van der Waals surface area (Å²) in [6, 6.07) is 8.91. The lowest BCUT2D eigenvalue weighted by Crippen LogP contribution is -2.10. The van der Waals surface area contributed by atoms with Crippen LogP contribution in [-0.2, 0) is 19.4 Å². The maximum atomic E-state index is 4.72. The Bertz CT molecular complexity index is 569. The van der Waals surface area contributed by atoms with Gasteiger partial charge in [-0.15, -0.1) is 0 Å². The van der Waals surface area contributed by atoms with Crippen molar-refractivity contribution in [3.8, 4) is 11.3 Å². The highest BCUT2D eigenvalue weighted by Crippen LogP contribution is 2.31. The molecule has 1 aromatic carbocycles. The highest BCUT2D eigenvalue weighted by Gasteiger charge is 2.19. The molecule has 0 atom stereocenters. The number of nitrogens with zero attached hydrogens (tertiary/aromatic N) is 2. The van der Waals surface area contributed by atoms with Crippen LogP contribution >= 0.6 is 15.9 Å². The molecule has 0 aliphatic carbocycles. The monoisotopic (exact) mass is 318 g/mol. The molecule has 3 rings (SSSR count). The van der Waals surface area contributed by atoms with Gasteiger partial charge in [-0.1, -0.05) is 37.6 Å². The van der Waals surface area contributed by atoms with E-state index in [1.165, 1.54) is 36.1 Å². The number of hydrogen-bond donors (Lipinski definition) is 0. The fourth-order valence-corrected chi connectivity index (χ4v) is 3.42. The van der Waals surface area contributed by atoms with Crippen LogP contribution in [0.3, 0.4) is 0 Å². The second kappa shape index (κ2) is 5.49. The maximum Gasteiger partial charge on any atom is 0.177 e. The average molecular weight is 319 g/mol. The zero-order valence-electron chi connectivity index (χ0n) is 11.3. The third-order valence-corrected chi connectivity index (χ3v) is 4.44. The molecule has 1 aromatic heterocycles. The van der Waals surface area contributed by atoms with E-state index in [0.29, 0.717) is 0 Å². The van der Waals surface area contributed by atoms with Gasteiger partial charge >= 0.3 is 0 Å². The largest absolute Gasteiger partial charge is 0.322 e. The fraction of sp³-hybridized carbons (Fsp3) is 0.438. The van der Waals surface area contributed by atoms with Crippen molar-refractivity contribution in [1.29, 1.82) is 0 Å². The normalized spacial score (nSPS) is 14.4. The maximum absolute atomic E-state index is 4.72. The van der Waals surface area contributed by atoms with E-state index in [-0.39, 0.29) is 0 Å². The third kappa shape index (κ3) is 2.48. The van der Waals surface area contributed by atoms with Crippen molar-refractivity contribution in [3.05, 3.63) is 40.3 Å². The van der Waals surface area contributed by atoms with E-state index in [2.05, 4.69) is 51.7 Å². The number of benzene rings is 1. The Morgan fingerprint density at radius 3 is 2.74 bits per heavy atom. The van der Waals surface area contributed by atoms with Crippen molar-refractivity contribution in [1.82, 2.24) is 9.55 Å². The summed E-state index contributed by atoms with van der Waals surface area (Å²) in [5.41, 5.74) is 5.21. The second-order valence-electron chi connectivity index (χ2n) is 5.23. The average Bonchev–Trinajstić information content (AvgIpc) is 2.78. The summed E-state index contributed by atoms with van der Waals surface area (Å²) in [5, 5.41) is 0. The van der Waals surface area contributed by atoms with Gasteiger partial charge in [0.25, 0.3) is 0 Å². The fourth-order valence-electron chi connectivity index (χ4n) is 2.85. The van der Waals surface area contributed by atoms with Crippen LogP contribution < -0.4 is 0 Å². The molecule has 19 heavy (non-hydrogen) atoms. The molecular formula is C16H19BrN2. The van der Waals surface area contributed by atoms with Gasteiger partial charge in [0, 0.05) is 17.8 Å². The molecule has 1 aliphatic rings. The number of rotatable bonds is 3. The van der Waals surface area contributed by atoms with Crippen LogP contribution in [-0.4, -0.2) is 9.55 Å². The van der Waals surface area contributed by atoms with Crippen LogP contribution in [0, 0.1) is 0 Å². The van der Waals surface area contributed by atoms with Gasteiger partial charge in [0.1, 0.15) is 0 Å². The standard InChI is InChI=1S/C16H19BrN2/c1-2-5-12-7-9-13(10-8-12)15-14-6-3-4-11-19(14)16(17)18-15/h7-10H,2-6,11H2,1H3. The van der Waals surface area contributed by atoms with E-state index in [9.17, 15) is 0 Å². The number of halogens is 1. The molecule has 0 saturated heterocycles. The van der Waals surface area contributed by atoms with Crippen molar-refractivity contribution in [2.24, 2.45) is 0 Å². The summed E-state index contributed by atoms with van der Waals surface area (Å²) in [6.45, 7) is 3.31. The van der Waals surface area contributed by atoms with E-state index < -0.39 is 0 Å². The van der Waals surface area contributed by atoms with Gasteiger partial charge in [0.15, 0.2) is 4.73 Å². The molecule has 0 radical (unpaired) electrons. The smallest absolute Gasteiger partial charge is 0.177 e. The van der Waals surface area contributed by atoms with E-state index in [1.54, 1.807) is 0 Å². The number of hydrogen-bond acceptors (Lipinski definition) is 1. The molecule has 0 bridgehead atoms. The Morgan fingerprint density at radius 2 is 2.00 bits per heavy atom. The van der Waals surface area contributed by atoms with E-state index in [0.717, 1.165) is 29.8 Å². The summed E-state index contributed by atoms with van der Waals surface area (Å²) in [5.74, 6) is 0. The van der Waals surface area contributed by atoms with Crippen molar-refractivity contribution in [2.45, 2.75) is 45.6 Å². The van der Waals surface area contributed by atoms with E-state index in [1.807, 2.05) is 0 Å². The van der Waals surface area contributed by atoms with Crippen LogP contribution in [0.4, 0.5) is 0 Å². The van der Waals surface area contributed by atoms with Crippen LogP contribution in [0.1, 0.15) is 37.4 Å². The summed E-state index contributed by atoms with van der Waals surface area (Å²) >= 11 is 3.59. The zero-order valence-corrected chi connectivity index (χ0v) is 12.9. The highest BCUT2D eigenvalue weighted by atomic mass is 79.9. The quantitative estimate of drug-likeness (QED) is 0.808. The van der Waals surface area contributed by atoms with E-state index in [4.69, 9.17) is 4.98 Å². The van der Waals surface area contributed by atoms with Crippen LogP contribution in [0.5, 0.6) is 0 Å². The molecule has 0 spiro atoms. The van der Waals surface area contributed by atoms with Crippen molar-refractivity contribution < 1.29 is 0 Å². The zero-order chi connectivity index (χ0) is 13.2. The van der Waals surface area contributed by atoms with Crippen LogP contribution in [0.15, 0.2) is 29.0 Å². The first-order valence-electron chi connectivity index (χ1n) is 7.14. The molecule has 0 N–H and O–H groups in total. The lowest BCUT2D eigenvalue weighted by Gasteiger charge is -2.16. The molecule has 3 heteroatoms. The van der Waals surface area contributed by atoms with Crippen molar-refractivity contribution in [3.63, 3.8) is 0 Å². The number of imidazole rings is 1. The summed E-state index contributed by atoms with van der Waals surface area (Å²) in [6.07, 6.45) is 6.04. The Hall–Kier alpha value is -1.09. The molecule has 2 nitrogen and oxygen atoms in total. The molecule has 1 aliphatic heterocycles. The first kappa shape index (κ1) is 12.9.